The molecule has 0 aliphatic heterocycles. The largest absolute Gasteiger partial charge is 0.455 e. The number of fused-ring (bicyclic) bond motifs is 9. The minimum absolute atomic E-state index is 0.253. The highest BCUT2D eigenvalue weighted by Gasteiger charge is 2.24. The number of rotatable bonds is 7. The Hall–Kier alpha value is -8.66. The fourth-order valence-electron chi connectivity index (χ4n) is 7.56. The van der Waals surface area contributed by atoms with Gasteiger partial charge >= 0.3 is 0 Å². The number of benzene rings is 11. The van der Waals surface area contributed by atoms with Crippen LogP contribution < -0.4 is 4.90 Å². The van der Waals surface area contributed by atoms with Crippen LogP contribution in [-0.4, -0.2) is 4.57 Å². The van der Waals surface area contributed by atoms with Crippen LogP contribution in [0.25, 0.3) is 104 Å². The van der Waals surface area contributed by atoms with E-state index in [0.717, 1.165) is 0 Å². The molecule has 2 aromatic heterocycles. The molecule has 65 heavy (non-hydrogen) atoms. The Morgan fingerprint density at radius 1 is 0.369 bits per heavy atom. The molecular formula is C62H40N2O. The summed E-state index contributed by atoms with van der Waals surface area (Å²) in [4.78, 5) is 0.253. The standard InChI is InChI=1S/C62H40N2O/c1-2-16-41(17-3-1)42-30-34-45(35-31-42)63(46-36-32-43(33-37-46)55-40-44-18-4-5-19-47(44)48-20-6-7-21-49(48)55)59-39-38-53(62-61(59)54-25-11-15-29-60(54)65-62)52-24-10-14-28-58(52)64-56-26-12-8-22-50(56)51-23-9-13-27-57(51)64/h1-40H/i1D,2D,3D,4D,5D,6D,7D,8D,9D,10D,11D,12D,13D,14D,15D,16D,17D,18D,19D,20D,21D,22D,23D,24D,25D,26D,27D,28D,29D,30D,31D,32D,33D,34D,35D,36D,37D,38D,39D,40D. The zero-order chi connectivity index (χ0) is 77.7. The zero-order valence-electron chi connectivity index (χ0n) is 72.3. The first-order valence-electron chi connectivity index (χ1n) is 39.0. The summed E-state index contributed by atoms with van der Waals surface area (Å²) in [6.45, 7) is 0. The molecule has 0 N–H and O–H groups in total. The van der Waals surface area contributed by atoms with E-state index in [4.69, 9.17) is 33.2 Å². The second-order valence-corrected chi connectivity index (χ2v) is 13.8. The molecule has 0 amide bonds. The van der Waals surface area contributed by atoms with E-state index < -0.39 is 363 Å². The van der Waals surface area contributed by atoms with E-state index in [2.05, 4.69) is 0 Å². The number of anilines is 3. The van der Waals surface area contributed by atoms with Crippen molar-refractivity contribution in [3.05, 3.63) is 242 Å². The highest BCUT2D eigenvalue weighted by Crippen LogP contribution is 2.48. The molecule has 0 aliphatic carbocycles. The maximum absolute atomic E-state index is 10.4. The normalized spacial score (nSPS) is 20.3. The van der Waals surface area contributed by atoms with Gasteiger partial charge in [-0.25, -0.2) is 0 Å². The van der Waals surface area contributed by atoms with Crippen molar-refractivity contribution in [2.45, 2.75) is 0 Å². The lowest BCUT2D eigenvalue weighted by molar-refractivity contribution is 0.670. The van der Waals surface area contributed by atoms with Gasteiger partial charge < -0.3 is 13.9 Å². The Labute approximate surface area is 432 Å². The molecule has 0 fully saturated rings. The van der Waals surface area contributed by atoms with E-state index in [9.17, 15) is 26.0 Å². The molecule has 0 atom stereocenters. The minimum Gasteiger partial charge on any atom is -0.455 e. The van der Waals surface area contributed by atoms with Crippen molar-refractivity contribution in [1.29, 1.82) is 0 Å². The van der Waals surface area contributed by atoms with Gasteiger partial charge in [-0.15, -0.1) is 0 Å². The van der Waals surface area contributed by atoms with Gasteiger partial charge in [-0.1, -0.05) is 175 Å². The van der Waals surface area contributed by atoms with Gasteiger partial charge in [0.05, 0.1) is 82.6 Å². The van der Waals surface area contributed by atoms with E-state index in [0.29, 0.717) is 4.57 Å². The third-order valence-corrected chi connectivity index (χ3v) is 10.3. The third kappa shape index (κ3) is 5.97. The number of hydrogen-bond donors (Lipinski definition) is 0. The second kappa shape index (κ2) is 15.0. The van der Waals surface area contributed by atoms with Gasteiger partial charge in [0.1, 0.15) is 11.2 Å². The predicted octanol–water partition coefficient (Wildman–Crippen LogP) is 17.5. The predicted molar refractivity (Wildman–Crippen MR) is 274 cm³/mol. The molecule has 13 aromatic rings. The number of aromatic nitrogens is 1. The molecule has 3 nitrogen and oxygen atoms in total. The highest BCUT2D eigenvalue weighted by molar-refractivity contribution is 6.18. The molecule has 0 radical (unpaired) electrons. The maximum Gasteiger partial charge on any atom is 0.145 e. The average Bonchev–Trinajstić information content (AvgIpc) is 1.67. The van der Waals surface area contributed by atoms with Crippen LogP contribution >= 0.6 is 0 Å². The molecule has 0 saturated carbocycles. The average molecular weight is 869 g/mol. The van der Waals surface area contributed by atoms with Crippen LogP contribution in [-0.2, 0) is 0 Å². The van der Waals surface area contributed by atoms with Gasteiger partial charge in [0.2, 0.25) is 0 Å². The molecule has 0 aliphatic rings. The summed E-state index contributed by atoms with van der Waals surface area (Å²) in [7, 11) is 0. The molecule has 11 aromatic carbocycles. The summed E-state index contributed by atoms with van der Waals surface area (Å²) in [5.74, 6) is 0. The van der Waals surface area contributed by atoms with Gasteiger partial charge in [-0.2, -0.15) is 0 Å². The van der Waals surface area contributed by atoms with Crippen LogP contribution in [0.15, 0.2) is 246 Å². The summed E-state index contributed by atoms with van der Waals surface area (Å²) in [6, 6.07) is -45.5. The second-order valence-electron chi connectivity index (χ2n) is 13.8. The fourth-order valence-corrected chi connectivity index (χ4v) is 7.56. The number of nitrogens with zero attached hydrogens (tertiary/aromatic N) is 2. The van der Waals surface area contributed by atoms with E-state index in [1.165, 1.54) is 0 Å². The Kier molecular flexibility index (Phi) is 3.39. The number of hydrogen-bond acceptors (Lipinski definition) is 2. The lowest BCUT2D eigenvalue weighted by Crippen LogP contribution is -2.10. The summed E-state index contributed by atoms with van der Waals surface area (Å²) in [6.07, 6.45) is 0. The topological polar surface area (TPSA) is 21.3 Å². The van der Waals surface area contributed by atoms with Crippen molar-refractivity contribution in [2.75, 3.05) is 4.90 Å². The first kappa shape index (κ1) is 14.7. The molecule has 3 heteroatoms. The van der Waals surface area contributed by atoms with E-state index in [1.807, 2.05) is 0 Å². The first-order chi connectivity index (χ1) is 48.9. The monoisotopic (exact) mass is 869 g/mol. The van der Waals surface area contributed by atoms with Crippen LogP contribution in [0.4, 0.5) is 17.1 Å². The van der Waals surface area contributed by atoms with E-state index in [1.54, 1.807) is 0 Å². The third-order valence-electron chi connectivity index (χ3n) is 10.3. The summed E-state index contributed by atoms with van der Waals surface area (Å²) in [5, 5.41) is -6.19. The Balaban J connectivity index is 1.29. The van der Waals surface area contributed by atoms with Crippen LogP contribution in [0.5, 0.6) is 0 Å². The molecule has 13 rings (SSSR count). The van der Waals surface area contributed by atoms with Gasteiger partial charge in [0.15, 0.2) is 0 Å². The summed E-state index contributed by atoms with van der Waals surface area (Å²) in [5.41, 5.74) is -14.8. The highest BCUT2D eigenvalue weighted by atomic mass is 16.3. The van der Waals surface area contributed by atoms with E-state index >= 15 is 0 Å². The first-order valence-corrected chi connectivity index (χ1v) is 19.0. The molecule has 0 unspecified atom stereocenters. The van der Waals surface area contributed by atoms with Crippen molar-refractivity contribution in [3.63, 3.8) is 0 Å². The van der Waals surface area contributed by atoms with Crippen LogP contribution in [0.1, 0.15) is 54.8 Å². The minimum atomic E-state index is -1.48. The molecule has 2 heterocycles. The summed E-state index contributed by atoms with van der Waals surface area (Å²) < 4.78 is 377. The van der Waals surface area contributed by atoms with Gasteiger partial charge in [-0.05, 0) is 110 Å². The van der Waals surface area contributed by atoms with Gasteiger partial charge in [0.25, 0.3) is 0 Å². The van der Waals surface area contributed by atoms with Crippen LogP contribution in [0.3, 0.4) is 0 Å². The SMILES string of the molecule is [2H]c1c([2H])c([2H])c(-c2c([2H])c([2H])c(N(c3c([2H])c([2H])c(-c4c([2H])c5c([2H])c([2H])c([2H])c([2H])c5c5c([2H])c([2H])c([2H])c([2H])c45)c([2H])c3[2H])c3c([2H])c([2H])c(-c4c([2H])c([2H])c([2H])c([2H])c4-n4c5c([2H])c([2H])c([2H])c([2H])c5c5c([2H])c([2H])c([2H])c([2H])c54)c4oc5c([2H])c([2H])c([2H])c([2H])c5c34)c([2H])c2[2H])c([2H])c1[2H]. The van der Waals surface area contributed by atoms with Crippen molar-refractivity contribution in [3.8, 4) is 39.1 Å². The molecule has 304 valence electrons. The van der Waals surface area contributed by atoms with Crippen molar-refractivity contribution in [2.24, 2.45) is 0 Å². The Morgan fingerprint density at radius 3 is 1.63 bits per heavy atom. The smallest absolute Gasteiger partial charge is 0.145 e. The van der Waals surface area contributed by atoms with Crippen LogP contribution in [0.2, 0.25) is 0 Å². The molecule has 0 saturated heterocycles. The Morgan fingerprint density at radius 2 is 0.908 bits per heavy atom. The maximum atomic E-state index is 10.4. The van der Waals surface area contributed by atoms with Crippen LogP contribution in [0, 0.1) is 0 Å². The van der Waals surface area contributed by atoms with Gasteiger partial charge in [-0.3, -0.25) is 0 Å². The number of para-hydroxylation sites is 4. The fraction of sp³-hybridized carbons (Fsp3) is 0. The van der Waals surface area contributed by atoms with Crippen molar-refractivity contribution in [1.82, 2.24) is 4.57 Å². The van der Waals surface area contributed by atoms with Gasteiger partial charge in [0, 0.05) is 38.7 Å². The molecule has 0 bridgehead atoms. The number of furan rings is 1. The van der Waals surface area contributed by atoms with E-state index in [-0.39, 0.29) is 4.90 Å². The lowest BCUT2D eigenvalue weighted by atomic mass is 9.93. The molecular weight excluding hydrogens is 789 g/mol. The zero-order valence-corrected chi connectivity index (χ0v) is 32.3. The van der Waals surface area contributed by atoms with Crippen molar-refractivity contribution >= 4 is 82.4 Å². The van der Waals surface area contributed by atoms with Crippen molar-refractivity contribution < 1.29 is 59.2 Å². The Bertz CT molecular complexity index is 6190. The molecule has 0 spiro atoms. The summed E-state index contributed by atoms with van der Waals surface area (Å²) >= 11 is 0. The quantitative estimate of drug-likeness (QED) is 0.149. The lowest BCUT2D eigenvalue weighted by Gasteiger charge is -2.27.